The van der Waals surface area contributed by atoms with Crippen LogP contribution in [-0.4, -0.2) is 78.5 Å². The first-order valence-corrected chi connectivity index (χ1v) is 21.1. The van der Waals surface area contributed by atoms with Crippen molar-refractivity contribution < 1.29 is 19.2 Å². The summed E-state index contributed by atoms with van der Waals surface area (Å²) in [5, 5.41) is 6.05. The highest BCUT2D eigenvalue weighted by Gasteiger charge is 2.41. The van der Waals surface area contributed by atoms with Gasteiger partial charge in [0, 0.05) is 36.1 Å². The molecule has 4 aromatic rings. The number of carbonyl (C=O) groups is 4. The number of hydrogen-bond donors (Lipinski definition) is 4. The van der Waals surface area contributed by atoms with Crippen LogP contribution in [0.1, 0.15) is 114 Å². The summed E-state index contributed by atoms with van der Waals surface area (Å²) in [5.41, 5.74) is 5.47. The number of amides is 4. The first-order valence-electron chi connectivity index (χ1n) is 21.1. The molecular weight excluding hydrogens is 729 g/mol. The number of aromatic nitrogens is 4. The van der Waals surface area contributed by atoms with Crippen LogP contribution in [0.15, 0.2) is 60.9 Å². The van der Waals surface area contributed by atoms with Crippen LogP contribution >= 0.6 is 0 Å². The molecule has 2 aliphatic carbocycles. The number of nitrogens with one attached hydrogen (secondary N) is 4. The van der Waals surface area contributed by atoms with E-state index in [1.807, 2.05) is 98.4 Å². The third-order valence-electron chi connectivity index (χ3n) is 12.0. The average Bonchev–Trinajstić information content (AvgIpc) is 3.98. The fourth-order valence-corrected chi connectivity index (χ4v) is 8.16. The Morgan fingerprint density at radius 3 is 1.33 bits per heavy atom. The molecule has 2 aromatic heterocycles. The largest absolute Gasteiger partial charge is 0.344 e. The van der Waals surface area contributed by atoms with E-state index in [9.17, 15) is 19.2 Å². The maximum atomic E-state index is 13.7. The Kier molecular flexibility index (Phi) is 11.2. The lowest BCUT2D eigenvalue weighted by molar-refractivity contribution is -0.139. The Balaban J connectivity index is 0.879. The van der Waals surface area contributed by atoms with E-state index in [4.69, 9.17) is 9.97 Å². The van der Waals surface area contributed by atoms with Gasteiger partial charge in [0.1, 0.15) is 23.7 Å². The maximum absolute atomic E-state index is 13.7. The number of H-pyrrole nitrogens is 2. The van der Waals surface area contributed by atoms with Crippen molar-refractivity contribution in [3.05, 3.63) is 83.7 Å². The average molecular weight is 783 g/mol. The number of carbonyl (C=O) groups excluding carboxylic acids is 4. The number of aromatic amines is 2. The molecule has 0 radical (unpaired) electrons. The second-order valence-electron chi connectivity index (χ2n) is 17.2. The summed E-state index contributed by atoms with van der Waals surface area (Å²) >= 11 is 0. The van der Waals surface area contributed by atoms with Crippen molar-refractivity contribution in [1.29, 1.82) is 0 Å². The fraction of sp³-hybridized carbons (Fsp3) is 0.478. The van der Waals surface area contributed by atoms with E-state index in [0.717, 1.165) is 96.7 Å². The predicted octanol–water partition coefficient (Wildman–Crippen LogP) is 6.30. The zero-order valence-corrected chi connectivity index (χ0v) is 33.9. The second-order valence-corrected chi connectivity index (χ2v) is 17.2. The van der Waals surface area contributed by atoms with Gasteiger partial charge < -0.3 is 30.4 Å². The summed E-state index contributed by atoms with van der Waals surface area (Å²) in [7, 11) is 0. The first-order chi connectivity index (χ1) is 28.0. The SMILES string of the molecule is CC(C)C(NC(=O)C1CC1)C(=O)N1CCCC1c1ncc(-c2ccc(C#Cc3ccc(-c4cnc(C5CCCN5C(=O)C(NC(=O)C5CC5)C(C)C)[nH]4)cc3)cc2)[nH]1. The zero-order chi connectivity index (χ0) is 40.5. The standard InChI is InChI=1S/C46H54N8O4/c1-27(2)39(51-43(55)33-19-20-33)45(57)53-23-5-7-37(53)41-47-25-35(49-41)31-15-11-29(12-16-31)9-10-30-13-17-32(18-14-30)36-26-48-42(50-36)38-8-6-24-54(38)46(58)40(28(3)4)52-44(56)34-21-22-34/h11-18,25-28,33-34,37-40H,5-8,19-24H2,1-4H3,(H,47,49)(H,48,50)(H,51,55)(H,52,56). The Labute approximate surface area is 340 Å². The molecule has 4 N–H and O–H groups in total. The van der Waals surface area contributed by atoms with Crippen LogP contribution in [0.4, 0.5) is 0 Å². The molecule has 0 bridgehead atoms. The number of rotatable bonds is 12. The summed E-state index contributed by atoms with van der Waals surface area (Å²) < 4.78 is 0. The molecular formula is C46H54N8O4. The molecule has 302 valence electrons. The number of hydrogen-bond acceptors (Lipinski definition) is 6. The predicted molar refractivity (Wildman–Crippen MR) is 220 cm³/mol. The summed E-state index contributed by atoms with van der Waals surface area (Å²) in [6, 6.07) is 14.7. The van der Waals surface area contributed by atoms with Gasteiger partial charge in [0.15, 0.2) is 0 Å². The van der Waals surface area contributed by atoms with Crippen molar-refractivity contribution in [2.24, 2.45) is 23.7 Å². The van der Waals surface area contributed by atoms with Gasteiger partial charge in [-0.2, -0.15) is 0 Å². The van der Waals surface area contributed by atoms with Gasteiger partial charge in [0.2, 0.25) is 23.6 Å². The Morgan fingerprint density at radius 2 is 0.983 bits per heavy atom. The summed E-state index contributed by atoms with van der Waals surface area (Å²) in [6.45, 7) is 9.21. The molecule has 2 saturated heterocycles. The summed E-state index contributed by atoms with van der Waals surface area (Å²) in [5.74, 6) is 8.07. The van der Waals surface area contributed by atoms with E-state index in [1.165, 1.54) is 0 Å². The van der Waals surface area contributed by atoms with Crippen LogP contribution in [0.2, 0.25) is 0 Å². The highest BCUT2D eigenvalue weighted by molar-refractivity contribution is 5.90. The minimum Gasteiger partial charge on any atom is -0.344 e. The number of benzene rings is 2. The van der Waals surface area contributed by atoms with Crippen molar-refractivity contribution in [2.45, 2.75) is 103 Å². The van der Waals surface area contributed by atoms with E-state index in [2.05, 4.69) is 32.4 Å². The number of likely N-dealkylation sites (tertiary alicyclic amines) is 2. The topological polar surface area (TPSA) is 156 Å². The lowest BCUT2D eigenvalue weighted by Gasteiger charge is -2.30. The maximum Gasteiger partial charge on any atom is 0.246 e. The van der Waals surface area contributed by atoms with Gasteiger partial charge in [0.05, 0.1) is 35.9 Å². The fourth-order valence-electron chi connectivity index (χ4n) is 8.16. The molecule has 4 aliphatic rings. The van der Waals surface area contributed by atoms with Gasteiger partial charge in [0.25, 0.3) is 0 Å². The minimum absolute atomic E-state index is 0.00734. The highest BCUT2D eigenvalue weighted by Crippen LogP contribution is 2.35. The molecule has 8 rings (SSSR count). The van der Waals surface area contributed by atoms with Crippen LogP contribution in [0.5, 0.6) is 0 Å². The second kappa shape index (κ2) is 16.6. The van der Waals surface area contributed by atoms with E-state index in [1.54, 1.807) is 0 Å². The van der Waals surface area contributed by atoms with E-state index < -0.39 is 12.1 Å². The van der Waals surface area contributed by atoms with Crippen molar-refractivity contribution in [3.8, 4) is 34.4 Å². The molecule has 4 heterocycles. The molecule has 2 saturated carbocycles. The minimum atomic E-state index is -0.537. The molecule has 4 atom stereocenters. The smallest absolute Gasteiger partial charge is 0.246 e. The third kappa shape index (κ3) is 8.59. The third-order valence-corrected chi connectivity index (χ3v) is 12.0. The summed E-state index contributed by atoms with van der Waals surface area (Å²) in [6.07, 6.45) is 10.7. The van der Waals surface area contributed by atoms with Crippen molar-refractivity contribution in [1.82, 2.24) is 40.4 Å². The van der Waals surface area contributed by atoms with Crippen LogP contribution in [0.25, 0.3) is 22.5 Å². The number of imidazole rings is 2. The number of nitrogens with zero attached hydrogens (tertiary/aromatic N) is 4. The Bertz CT molecular complexity index is 2050. The highest BCUT2D eigenvalue weighted by atomic mass is 16.2. The van der Waals surface area contributed by atoms with Crippen LogP contribution < -0.4 is 10.6 Å². The molecule has 58 heavy (non-hydrogen) atoms. The van der Waals surface area contributed by atoms with Crippen LogP contribution in [-0.2, 0) is 19.2 Å². The van der Waals surface area contributed by atoms with Gasteiger partial charge in [-0.25, -0.2) is 9.97 Å². The lowest BCUT2D eigenvalue weighted by Crippen LogP contribution is -2.51. The van der Waals surface area contributed by atoms with Gasteiger partial charge in [-0.3, -0.25) is 19.2 Å². The summed E-state index contributed by atoms with van der Waals surface area (Å²) in [4.78, 5) is 72.5. The van der Waals surface area contributed by atoms with Crippen LogP contribution in [0, 0.1) is 35.5 Å². The normalized spacial score (nSPS) is 20.2. The van der Waals surface area contributed by atoms with Crippen molar-refractivity contribution in [3.63, 3.8) is 0 Å². The molecule has 12 heteroatoms. The van der Waals surface area contributed by atoms with Gasteiger partial charge in [-0.05, 0) is 98.6 Å². The van der Waals surface area contributed by atoms with E-state index in [-0.39, 0.29) is 59.4 Å². The molecule has 2 aromatic carbocycles. The monoisotopic (exact) mass is 782 g/mol. The molecule has 4 unspecified atom stereocenters. The van der Waals surface area contributed by atoms with Crippen molar-refractivity contribution in [2.75, 3.05) is 13.1 Å². The van der Waals surface area contributed by atoms with E-state index in [0.29, 0.717) is 13.1 Å². The lowest BCUT2D eigenvalue weighted by atomic mass is 10.0. The first kappa shape index (κ1) is 39.1. The molecule has 2 aliphatic heterocycles. The molecule has 4 amide bonds. The molecule has 0 spiro atoms. The van der Waals surface area contributed by atoms with Gasteiger partial charge in [-0.15, -0.1) is 0 Å². The van der Waals surface area contributed by atoms with Gasteiger partial charge >= 0.3 is 0 Å². The Hall–Kier alpha value is -5.70. The van der Waals surface area contributed by atoms with Crippen LogP contribution in [0.3, 0.4) is 0 Å². The quantitative estimate of drug-likeness (QED) is 0.124. The molecule has 4 fully saturated rings. The van der Waals surface area contributed by atoms with Crippen molar-refractivity contribution >= 4 is 23.6 Å². The Morgan fingerprint density at radius 1 is 0.603 bits per heavy atom. The zero-order valence-electron chi connectivity index (χ0n) is 33.9. The van der Waals surface area contributed by atoms with Gasteiger partial charge in [-0.1, -0.05) is 63.8 Å². The molecule has 12 nitrogen and oxygen atoms in total. The van der Waals surface area contributed by atoms with E-state index >= 15 is 0 Å².